The van der Waals surface area contributed by atoms with Crippen LogP contribution in [0.3, 0.4) is 0 Å². The highest BCUT2D eigenvalue weighted by molar-refractivity contribution is 5.77. The highest BCUT2D eigenvalue weighted by Gasteiger charge is 2.42. The van der Waals surface area contributed by atoms with Crippen molar-refractivity contribution in [3.8, 4) is 0 Å². The molecule has 1 aromatic heterocycles. The van der Waals surface area contributed by atoms with Crippen LogP contribution in [-0.2, 0) is 16.9 Å². The minimum atomic E-state index is -2.68. The quantitative estimate of drug-likeness (QED) is 0.751. The van der Waals surface area contributed by atoms with Crippen molar-refractivity contribution in [1.29, 1.82) is 0 Å². The van der Waals surface area contributed by atoms with E-state index in [4.69, 9.17) is 0 Å². The van der Waals surface area contributed by atoms with Gasteiger partial charge < -0.3 is 15.7 Å². The second kappa shape index (κ2) is 7.51. The Labute approximate surface area is 150 Å². The lowest BCUT2D eigenvalue weighted by molar-refractivity contribution is -0.126. The molecule has 3 rings (SSSR count). The van der Waals surface area contributed by atoms with Gasteiger partial charge in [-0.15, -0.1) is 0 Å². The number of aliphatic hydroxyl groups is 1. The number of benzene rings is 1. The largest absolute Gasteiger partial charge is 0.389 e. The molecule has 2 aromatic rings. The van der Waals surface area contributed by atoms with Crippen LogP contribution in [0.15, 0.2) is 36.4 Å². The molecular formula is C18H22F2N4O2. The van der Waals surface area contributed by atoms with Crippen LogP contribution in [0.1, 0.15) is 29.8 Å². The lowest BCUT2D eigenvalue weighted by Gasteiger charge is -2.43. The predicted octanol–water partition coefficient (Wildman–Crippen LogP) is 1.50. The summed E-state index contributed by atoms with van der Waals surface area (Å²) in [6, 6.07) is 10.6. The van der Waals surface area contributed by atoms with E-state index < -0.39 is 18.1 Å². The number of amides is 1. The number of rotatable bonds is 5. The van der Waals surface area contributed by atoms with Gasteiger partial charge in [0.1, 0.15) is 12.2 Å². The number of piperidine rings is 1. The summed E-state index contributed by atoms with van der Waals surface area (Å²) in [6.07, 6.45) is -2.97. The first-order valence-corrected chi connectivity index (χ1v) is 8.50. The zero-order valence-electron chi connectivity index (χ0n) is 14.5. The molecule has 26 heavy (non-hydrogen) atoms. The molecule has 1 aliphatic heterocycles. The second-order valence-corrected chi connectivity index (χ2v) is 6.52. The van der Waals surface area contributed by atoms with Gasteiger partial charge in [0.15, 0.2) is 0 Å². The number of hydrogen-bond donors (Lipinski definition) is 3. The van der Waals surface area contributed by atoms with E-state index in [0.29, 0.717) is 25.2 Å². The van der Waals surface area contributed by atoms with E-state index in [2.05, 4.69) is 15.7 Å². The van der Waals surface area contributed by atoms with Crippen molar-refractivity contribution in [2.24, 2.45) is 0 Å². The fourth-order valence-electron chi connectivity index (χ4n) is 3.38. The molecule has 1 fully saturated rings. The Balaban J connectivity index is 1.82. The van der Waals surface area contributed by atoms with Gasteiger partial charge in [0.2, 0.25) is 5.91 Å². The number of aryl methyl sites for hydroxylation is 1. The van der Waals surface area contributed by atoms with Gasteiger partial charge >= 0.3 is 0 Å². The standard InChI is InChI=1S/C18H22F2N4O2/c1-12-9-14(17(19)20)23-24(12)11-16(26)22-18(7-8-21-10-15(18)25)13-5-3-2-4-6-13/h2-6,9,15,17,21,25H,7-8,10-11H2,1H3,(H,22,26)/t15-,18+/m1/s1. The maximum absolute atomic E-state index is 12.8. The number of aliphatic hydroxyl groups excluding tert-OH is 1. The van der Waals surface area contributed by atoms with Crippen LogP contribution in [0, 0.1) is 6.92 Å². The topological polar surface area (TPSA) is 79.2 Å². The minimum absolute atomic E-state index is 0.187. The zero-order chi connectivity index (χ0) is 18.7. The van der Waals surface area contributed by atoms with Crippen LogP contribution in [-0.4, -0.2) is 40.0 Å². The van der Waals surface area contributed by atoms with Crippen molar-refractivity contribution in [1.82, 2.24) is 20.4 Å². The molecule has 0 bridgehead atoms. The molecular weight excluding hydrogens is 342 g/mol. The number of carbonyl (C=O) groups excluding carboxylic acids is 1. The third kappa shape index (κ3) is 3.61. The molecule has 0 radical (unpaired) electrons. The summed E-state index contributed by atoms with van der Waals surface area (Å²) >= 11 is 0. The summed E-state index contributed by atoms with van der Waals surface area (Å²) < 4.78 is 26.8. The van der Waals surface area contributed by atoms with E-state index in [1.807, 2.05) is 30.3 Å². The lowest BCUT2D eigenvalue weighted by Crippen LogP contribution is -2.61. The molecule has 2 heterocycles. The molecule has 8 heteroatoms. The fourth-order valence-corrected chi connectivity index (χ4v) is 3.38. The molecule has 1 saturated heterocycles. The van der Waals surface area contributed by atoms with Gasteiger partial charge in [0.25, 0.3) is 6.43 Å². The molecule has 2 atom stereocenters. The highest BCUT2D eigenvalue weighted by atomic mass is 19.3. The molecule has 0 aliphatic carbocycles. The third-order valence-electron chi connectivity index (χ3n) is 4.77. The summed E-state index contributed by atoms with van der Waals surface area (Å²) in [6.45, 7) is 2.43. The molecule has 0 spiro atoms. The van der Waals surface area contributed by atoms with E-state index in [1.54, 1.807) is 6.92 Å². The summed E-state index contributed by atoms with van der Waals surface area (Å²) in [5.41, 5.74) is 0.0220. The Bertz CT molecular complexity index is 766. The first-order valence-electron chi connectivity index (χ1n) is 8.50. The smallest absolute Gasteiger partial charge is 0.282 e. The second-order valence-electron chi connectivity index (χ2n) is 6.52. The number of nitrogens with one attached hydrogen (secondary N) is 2. The zero-order valence-corrected chi connectivity index (χ0v) is 14.5. The fraction of sp³-hybridized carbons (Fsp3) is 0.444. The van der Waals surface area contributed by atoms with Crippen molar-refractivity contribution in [3.05, 3.63) is 53.3 Å². The summed E-state index contributed by atoms with van der Waals surface area (Å²) in [4.78, 5) is 12.6. The van der Waals surface area contributed by atoms with E-state index in [9.17, 15) is 18.7 Å². The van der Waals surface area contributed by atoms with Crippen molar-refractivity contribution < 1.29 is 18.7 Å². The Hall–Kier alpha value is -2.32. The van der Waals surface area contributed by atoms with Gasteiger partial charge in [-0.2, -0.15) is 5.10 Å². The first-order chi connectivity index (χ1) is 12.4. The van der Waals surface area contributed by atoms with E-state index >= 15 is 0 Å². The van der Waals surface area contributed by atoms with E-state index in [1.165, 1.54) is 10.7 Å². The van der Waals surface area contributed by atoms with Crippen LogP contribution in [0.4, 0.5) is 8.78 Å². The molecule has 6 nitrogen and oxygen atoms in total. The molecule has 0 saturated carbocycles. The lowest BCUT2D eigenvalue weighted by atomic mass is 9.79. The maximum Gasteiger partial charge on any atom is 0.282 e. The number of nitrogens with zero attached hydrogens (tertiary/aromatic N) is 2. The van der Waals surface area contributed by atoms with Gasteiger partial charge in [-0.25, -0.2) is 8.78 Å². The van der Waals surface area contributed by atoms with Crippen LogP contribution in [0.25, 0.3) is 0 Å². The predicted molar refractivity (Wildman–Crippen MR) is 91.7 cm³/mol. The van der Waals surface area contributed by atoms with Crippen molar-refractivity contribution >= 4 is 5.91 Å². The third-order valence-corrected chi connectivity index (χ3v) is 4.77. The normalized spacial score (nSPS) is 23.2. The van der Waals surface area contributed by atoms with Gasteiger partial charge in [-0.1, -0.05) is 30.3 Å². The Kier molecular flexibility index (Phi) is 5.33. The number of carbonyl (C=O) groups is 1. The van der Waals surface area contributed by atoms with Gasteiger partial charge in [0, 0.05) is 12.2 Å². The molecule has 1 aliphatic rings. The van der Waals surface area contributed by atoms with Crippen LogP contribution in [0.5, 0.6) is 0 Å². The number of aromatic nitrogens is 2. The minimum Gasteiger partial charge on any atom is -0.389 e. The van der Waals surface area contributed by atoms with Crippen LogP contribution < -0.4 is 10.6 Å². The Morgan fingerprint density at radius 1 is 1.46 bits per heavy atom. The SMILES string of the molecule is Cc1cc(C(F)F)nn1CC(=O)N[C@]1(c2ccccc2)CCNC[C@H]1O. The highest BCUT2D eigenvalue weighted by Crippen LogP contribution is 2.31. The monoisotopic (exact) mass is 364 g/mol. The van der Waals surface area contributed by atoms with Crippen LogP contribution >= 0.6 is 0 Å². The van der Waals surface area contributed by atoms with Crippen molar-refractivity contribution in [2.75, 3.05) is 13.1 Å². The number of β-amino-alcohol motifs (C(OH)–C–C–N with tert-alkyl or cyclic N) is 1. The van der Waals surface area contributed by atoms with Gasteiger partial charge in [-0.05, 0) is 31.5 Å². The summed E-state index contributed by atoms with van der Waals surface area (Å²) in [7, 11) is 0. The van der Waals surface area contributed by atoms with Crippen molar-refractivity contribution in [2.45, 2.75) is 38.0 Å². The summed E-state index contributed by atoms with van der Waals surface area (Å²) in [5.74, 6) is -0.387. The molecule has 140 valence electrons. The molecule has 0 unspecified atom stereocenters. The summed E-state index contributed by atoms with van der Waals surface area (Å²) in [5, 5.41) is 20.4. The van der Waals surface area contributed by atoms with E-state index in [0.717, 1.165) is 5.56 Å². The average Bonchev–Trinajstić information content (AvgIpc) is 2.99. The Morgan fingerprint density at radius 2 is 2.19 bits per heavy atom. The van der Waals surface area contributed by atoms with Crippen molar-refractivity contribution in [3.63, 3.8) is 0 Å². The number of halogens is 2. The molecule has 3 N–H and O–H groups in total. The number of hydrogen-bond acceptors (Lipinski definition) is 4. The first kappa shape index (κ1) is 18.5. The Morgan fingerprint density at radius 3 is 2.81 bits per heavy atom. The molecule has 1 amide bonds. The van der Waals surface area contributed by atoms with Gasteiger partial charge in [-0.3, -0.25) is 9.48 Å². The van der Waals surface area contributed by atoms with E-state index in [-0.39, 0.29) is 18.1 Å². The molecule has 1 aromatic carbocycles. The van der Waals surface area contributed by atoms with Crippen LogP contribution in [0.2, 0.25) is 0 Å². The maximum atomic E-state index is 12.8. The van der Waals surface area contributed by atoms with Gasteiger partial charge in [0.05, 0.1) is 11.6 Å². The average molecular weight is 364 g/mol. The number of alkyl halides is 2.